The molecule has 0 aromatic heterocycles. The summed E-state index contributed by atoms with van der Waals surface area (Å²) in [7, 11) is 0. The smallest absolute Gasteiger partial charge is 0.0623 e. The summed E-state index contributed by atoms with van der Waals surface area (Å²) in [5.74, 6) is 6.25. The summed E-state index contributed by atoms with van der Waals surface area (Å²) in [6.45, 7) is 14.8. The van der Waals surface area contributed by atoms with Crippen LogP contribution in [0.2, 0.25) is 0 Å². The molecule has 4 aliphatic rings. The van der Waals surface area contributed by atoms with Gasteiger partial charge >= 0.3 is 0 Å². The van der Waals surface area contributed by atoms with Crippen LogP contribution in [0.15, 0.2) is 0 Å². The van der Waals surface area contributed by atoms with Crippen molar-refractivity contribution in [2.45, 2.75) is 118 Å². The van der Waals surface area contributed by atoms with Gasteiger partial charge < -0.3 is 10.2 Å². The fraction of sp³-hybridized carbons (Fsp3) is 1.00. The minimum absolute atomic E-state index is 0.0415. The van der Waals surface area contributed by atoms with Crippen molar-refractivity contribution in [3.63, 3.8) is 0 Å². The third kappa shape index (κ3) is 3.60. The molecule has 0 bridgehead atoms. The molecular formula is C28H50O2. The first-order valence-corrected chi connectivity index (χ1v) is 13.4. The number of hydrogen-bond acceptors (Lipinski definition) is 2. The third-order valence-corrected chi connectivity index (χ3v) is 11.7. The molecule has 0 radical (unpaired) electrons. The monoisotopic (exact) mass is 418 g/mol. The van der Waals surface area contributed by atoms with Crippen LogP contribution in [0.4, 0.5) is 0 Å². The molecule has 0 aromatic rings. The van der Waals surface area contributed by atoms with Gasteiger partial charge in [-0.05, 0) is 110 Å². The number of aliphatic hydroxyl groups excluding tert-OH is 2. The lowest BCUT2D eigenvalue weighted by atomic mass is 9.43. The van der Waals surface area contributed by atoms with E-state index in [1.54, 1.807) is 0 Å². The number of rotatable bonds is 5. The largest absolute Gasteiger partial charge is 0.393 e. The number of aliphatic hydroxyl groups is 2. The van der Waals surface area contributed by atoms with Gasteiger partial charge in [-0.1, -0.05) is 54.4 Å². The second-order valence-corrected chi connectivity index (χ2v) is 13.2. The summed E-state index contributed by atoms with van der Waals surface area (Å²) in [6, 6.07) is 0. The summed E-state index contributed by atoms with van der Waals surface area (Å²) in [5.41, 5.74) is 0.559. The van der Waals surface area contributed by atoms with Crippen molar-refractivity contribution < 1.29 is 10.2 Å². The lowest BCUT2D eigenvalue weighted by Crippen LogP contribution is -2.59. The molecule has 0 amide bonds. The van der Waals surface area contributed by atoms with Crippen LogP contribution < -0.4 is 0 Å². The van der Waals surface area contributed by atoms with Crippen LogP contribution in [0.1, 0.15) is 106 Å². The Balaban J connectivity index is 1.48. The normalized spacial score (nSPS) is 50.5. The van der Waals surface area contributed by atoms with Gasteiger partial charge in [0.1, 0.15) is 0 Å². The van der Waals surface area contributed by atoms with Gasteiger partial charge in [0.05, 0.1) is 12.2 Å². The van der Waals surface area contributed by atoms with Gasteiger partial charge in [0.2, 0.25) is 0 Å². The van der Waals surface area contributed by atoms with Gasteiger partial charge in [-0.3, -0.25) is 0 Å². The van der Waals surface area contributed by atoms with E-state index in [2.05, 4.69) is 41.5 Å². The van der Waals surface area contributed by atoms with E-state index in [9.17, 15) is 10.2 Å². The van der Waals surface area contributed by atoms with Crippen molar-refractivity contribution in [3.05, 3.63) is 0 Å². The highest BCUT2D eigenvalue weighted by molar-refractivity contribution is 5.11. The van der Waals surface area contributed by atoms with Crippen molar-refractivity contribution in [1.82, 2.24) is 0 Å². The van der Waals surface area contributed by atoms with Gasteiger partial charge in [-0.15, -0.1) is 0 Å². The molecule has 174 valence electrons. The quantitative estimate of drug-likeness (QED) is 0.522. The van der Waals surface area contributed by atoms with Crippen molar-refractivity contribution in [2.24, 2.45) is 58.2 Å². The fourth-order valence-electron chi connectivity index (χ4n) is 9.33. The number of fused-ring (bicyclic) bond motifs is 5. The Morgan fingerprint density at radius 3 is 2.27 bits per heavy atom. The van der Waals surface area contributed by atoms with E-state index in [0.717, 1.165) is 41.9 Å². The van der Waals surface area contributed by atoms with Crippen LogP contribution in [0.3, 0.4) is 0 Å². The molecule has 30 heavy (non-hydrogen) atoms. The van der Waals surface area contributed by atoms with E-state index in [1.165, 1.54) is 51.4 Å². The third-order valence-electron chi connectivity index (χ3n) is 11.7. The molecule has 2 heteroatoms. The summed E-state index contributed by atoms with van der Waals surface area (Å²) >= 11 is 0. The summed E-state index contributed by atoms with van der Waals surface area (Å²) in [4.78, 5) is 0. The highest BCUT2D eigenvalue weighted by atomic mass is 16.3. The fourth-order valence-corrected chi connectivity index (χ4v) is 9.33. The molecule has 0 aromatic carbocycles. The first-order chi connectivity index (χ1) is 14.1. The van der Waals surface area contributed by atoms with E-state index in [4.69, 9.17) is 0 Å². The summed E-state index contributed by atoms with van der Waals surface area (Å²) in [6.07, 6.45) is 11.8. The van der Waals surface area contributed by atoms with E-state index in [1.807, 2.05) is 0 Å². The Hall–Kier alpha value is -0.0800. The van der Waals surface area contributed by atoms with Gasteiger partial charge in [0.25, 0.3) is 0 Å². The molecular weight excluding hydrogens is 368 g/mol. The number of hydrogen-bond donors (Lipinski definition) is 2. The summed E-state index contributed by atoms with van der Waals surface area (Å²) in [5, 5.41) is 21.4. The Morgan fingerprint density at radius 1 is 0.833 bits per heavy atom. The van der Waals surface area contributed by atoms with Crippen LogP contribution >= 0.6 is 0 Å². The zero-order valence-electron chi connectivity index (χ0n) is 20.7. The van der Waals surface area contributed by atoms with Crippen molar-refractivity contribution in [1.29, 1.82) is 0 Å². The highest BCUT2D eigenvalue weighted by Crippen LogP contribution is 2.68. The van der Waals surface area contributed by atoms with E-state index in [0.29, 0.717) is 23.7 Å². The predicted octanol–water partition coefficient (Wildman–Crippen LogP) is 6.69. The van der Waals surface area contributed by atoms with E-state index < -0.39 is 0 Å². The molecule has 2 N–H and O–H groups in total. The summed E-state index contributed by atoms with van der Waals surface area (Å²) < 4.78 is 0. The van der Waals surface area contributed by atoms with E-state index >= 15 is 0 Å². The van der Waals surface area contributed by atoms with Crippen molar-refractivity contribution in [3.8, 4) is 0 Å². The SMILES string of the molecule is CC(C)C(C)CCC(C)C1CCC2C3CCC4CC(O)CC(O)C4(C)C3CCC12C. The molecule has 4 aliphatic carbocycles. The average Bonchev–Trinajstić information content (AvgIpc) is 3.04. The minimum atomic E-state index is -0.308. The first-order valence-electron chi connectivity index (χ1n) is 13.4. The maximum absolute atomic E-state index is 11.1. The van der Waals surface area contributed by atoms with Gasteiger partial charge in [-0.2, -0.15) is 0 Å². The maximum Gasteiger partial charge on any atom is 0.0623 e. The second-order valence-electron chi connectivity index (χ2n) is 13.2. The molecule has 11 atom stereocenters. The van der Waals surface area contributed by atoms with Crippen LogP contribution in [0.5, 0.6) is 0 Å². The van der Waals surface area contributed by atoms with Gasteiger partial charge in [0, 0.05) is 0 Å². The molecule has 4 rings (SSSR count). The minimum Gasteiger partial charge on any atom is -0.393 e. The Morgan fingerprint density at radius 2 is 1.57 bits per heavy atom. The maximum atomic E-state index is 11.1. The molecule has 0 spiro atoms. The Kier molecular flexibility index (Phi) is 6.44. The van der Waals surface area contributed by atoms with Gasteiger partial charge in [0.15, 0.2) is 0 Å². The molecule has 0 aliphatic heterocycles. The lowest BCUT2D eigenvalue weighted by molar-refractivity contribution is -0.182. The first kappa shape index (κ1) is 23.1. The van der Waals surface area contributed by atoms with Crippen LogP contribution in [0, 0.1) is 58.2 Å². The predicted molar refractivity (Wildman–Crippen MR) is 125 cm³/mol. The second kappa shape index (κ2) is 8.36. The molecule has 0 heterocycles. The molecule has 4 saturated carbocycles. The van der Waals surface area contributed by atoms with Crippen LogP contribution in [0.25, 0.3) is 0 Å². The average molecular weight is 419 g/mol. The Bertz CT molecular complexity index is 601. The Labute approximate surface area is 186 Å². The lowest BCUT2D eigenvalue weighted by Gasteiger charge is -2.62. The standard InChI is InChI=1S/C28H50O2/c1-17(2)18(3)7-8-19(4)23-11-12-24-22-10-9-20-15-21(29)16-26(30)28(20,6)25(22)13-14-27(23,24)5/h17-26,29-30H,7-16H2,1-6H3. The zero-order valence-corrected chi connectivity index (χ0v) is 20.7. The zero-order chi connectivity index (χ0) is 21.8. The molecule has 4 fully saturated rings. The molecule has 11 unspecified atom stereocenters. The topological polar surface area (TPSA) is 40.5 Å². The van der Waals surface area contributed by atoms with Crippen molar-refractivity contribution in [2.75, 3.05) is 0 Å². The van der Waals surface area contributed by atoms with Crippen LogP contribution in [-0.2, 0) is 0 Å². The highest BCUT2D eigenvalue weighted by Gasteiger charge is 2.62. The molecule has 0 saturated heterocycles. The van der Waals surface area contributed by atoms with Crippen molar-refractivity contribution >= 4 is 0 Å². The van der Waals surface area contributed by atoms with E-state index in [-0.39, 0.29) is 17.6 Å². The van der Waals surface area contributed by atoms with Crippen LogP contribution in [-0.4, -0.2) is 22.4 Å². The van der Waals surface area contributed by atoms with Gasteiger partial charge in [-0.25, -0.2) is 0 Å². The molecule has 2 nitrogen and oxygen atoms in total.